The molecule has 0 spiro atoms. The molecule has 0 amide bonds. The predicted molar refractivity (Wildman–Crippen MR) is 68.2 cm³/mol. The Morgan fingerprint density at radius 3 is 2.33 bits per heavy atom. The Hall–Kier alpha value is -1.26. The molecule has 3 rings (SSSR count). The van der Waals surface area contributed by atoms with Crippen LogP contribution < -0.4 is 15.2 Å². The molecule has 0 bridgehead atoms. The molecule has 1 saturated heterocycles. The quantitative estimate of drug-likeness (QED) is 0.877. The highest BCUT2D eigenvalue weighted by atomic mass is 16.5. The van der Waals surface area contributed by atoms with E-state index in [-0.39, 0.29) is 11.0 Å². The molecule has 98 valence electrons. The van der Waals surface area contributed by atoms with Crippen LogP contribution in [0.4, 0.5) is 0 Å². The van der Waals surface area contributed by atoms with Gasteiger partial charge in [0.15, 0.2) is 0 Å². The van der Waals surface area contributed by atoms with Crippen LogP contribution in [0, 0.1) is 0 Å². The van der Waals surface area contributed by atoms with Gasteiger partial charge in [-0.1, -0.05) is 0 Å². The lowest BCUT2D eigenvalue weighted by atomic mass is 9.70. The first kappa shape index (κ1) is 11.8. The number of nitrogens with two attached hydrogens (primary N) is 1. The van der Waals surface area contributed by atoms with Gasteiger partial charge < -0.3 is 19.9 Å². The maximum atomic E-state index is 6.46. The fourth-order valence-corrected chi connectivity index (χ4v) is 2.82. The molecule has 1 heterocycles. The lowest BCUT2D eigenvalue weighted by Crippen LogP contribution is -2.60. The van der Waals surface area contributed by atoms with Crippen LogP contribution in [0.3, 0.4) is 0 Å². The summed E-state index contributed by atoms with van der Waals surface area (Å²) in [6.45, 7) is 1.35. The van der Waals surface area contributed by atoms with E-state index >= 15 is 0 Å². The molecule has 0 atom stereocenters. The Kier molecular flexibility index (Phi) is 2.54. The Labute approximate surface area is 107 Å². The predicted octanol–water partition coefficient (Wildman–Crippen LogP) is 1.46. The topological polar surface area (TPSA) is 53.7 Å². The third-order valence-electron chi connectivity index (χ3n) is 4.36. The number of benzene rings is 1. The van der Waals surface area contributed by atoms with Crippen LogP contribution >= 0.6 is 0 Å². The normalized spacial score (nSPS) is 23.1. The third-order valence-corrected chi connectivity index (χ3v) is 4.36. The molecule has 1 aliphatic heterocycles. The van der Waals surface area contributed by atoms with Crippen molar-refractivity contribution in [1.82, 2.24) is 0 Å². The Morgan fingerprint density at radius 2 is 1.89 bits per heavy atom. The van der Waals surface area contributed by atoms with E-state index < -0.39 is 0 Å². The molecule has 0 aromatic heterocycles. The third kappa shape index (κ3) is 1.45. The lowest BCUT2D eigenvalue weighted by molar-refractivity contribution is -0.0795. The average Bonchev–Trinajstić information content (AvgIpc) is 3.06. The molecule has 2 aliphatic rings. The van der Waals surface area contributed by atoms with E-state index in [1.165, 1.54) is 0 Å². The zero-order valence-corrected chi connectivity index (χ0v) is 10.9. The zero-order chi connectivity index (χ0) is 12.8. The summed E-state index contributed by atoms with van der Waals surface area (Å²) >= 11 is 0. The second kappa shape index (κ2) is 3.87. The highest BCUT2D eigenvalue weighted by Gasteiger charge is 2.62. The zero-order valence-electron chi connectivity index (χ0n) is 10.9. The minimum absolute atomic E-state index is 0.104. The van der Waals surface area contributed by atoms with Crippen molar-refractivity contribution in [3.8, 4) is 11.5 Å². The molecule has 0 unspecified atom stereocenters. The van der Waals surface area contributed by atoms with Gasteiger partial charge in [0.05, 0.1) is 32.8 Å². The van der Waals surface area contributed by atoms with Gasteiger partial charge in [0.2, 0.25) is 0 Å². The first-order valence-electron chi connectivity index (χ1n) is 6.24. The maximum Gasteiger partial charge on any atom is 0.123 e. The highest BCUT2D eigenvalue weighted by molar-refractivity contribution is 5.50. The Morgan fingerprint density at radius 1 is 1.17 bits per heavy atom. The number of hydrogen-bond acceptors (Lipinski definition) is 4. The van der Waals surface area contributed by atoms with Gasteiger partial charge in [0.1, 0.15) is 11.5 Å². The summed E-state index contributed by atoms with van der Waals surface area (Å²) in [6, 6.07) is 5.89. The molecule has 4 nitrogen and oxygen atoms in total. The first-order valence-corrected chi connectivity index (χ1v) is 6.24. The van der Waals surface area contributed by atoms with Gasteiger partial charge in [-0.25, -0.2) is 0 Å². The molecular formula is C14H19NO3. The highest BCUT2D eigenvalue weighted by Crippen LogP contribution is 2.55. The fraction of sp³-hybridized carbons (Fsp3) is 0.571. The second-order valence-electron chi connectivity index (χ2n) is 5.30. The molecule has 1 aliphatic carbocycles. The van der Waals surface area contributed by atoms with E-state index in [9.17, 15) is 0 Å². The van der Waals surface area contributed by atoms with Crippen LogP contribution in [0.5, 0.6) is 11.5 Å². The summed E-state index contributed by atoms with van der Waals surface area (Å²) in [4.78, 5) is 0. The second-order valence-corrected chi connectivity index (χ2v) is 5.30. The fourth-order valence-electron chi connectivity index (χ4n) is 2.82. The van der Waals surface area contributed by atoms with E-state index in [0.717, 1.165) is 29.9 Å². The van der Waals surface area contributed by atoms with Gasteiger partial charge in [-0.3, -0.25) is 0 Å². The Balaban J connectivity index is 2.08. The molecular weight excluding hydrogens is 230 g/mol. The number of hydrogen-bond donors (Lipinski definition) is 1. The van der Waals surface area contributed by atoms with Crippen molar-refractivity contribution in [3.05, 3.63) is 23.8 Å². The van der Waals surface area contributed by atoms with Crippen molar-refractivity contribution in [2.45, 2.75) is 23.8 Å². The van der Waals surface area contributed by atoms with Gasteiger partial charge in [-0.2, -0.15) is 0 Å². The summed E-state index contributed by atoms with van der Waals surface area (Å²) in [5.41, 5.74) is 7.34. The monoisotopic (exact) mass is 249 g/mol. The van der Waals surface area contributed by atoms with Crippen LogP contribution in [0.2, 0.25) is 0 Å². The van der Waals surface area contributed by atoms with E-state index in [0.29, 0.717) is 13.2 Å². The smallest absolute Gasteiger partial charge is 0.123 e. The number of methoxy groups -OCH3 is 2. The van der Waals surface area contributed by atoms with Crippen LogP contribution in [-0.4, -0.2) is 33.0 Å². The minimum Gasteiger partial charge on any atom is -0.497 e. The maximum absolute atomic E-state index is 6.46. The molecule has 18 heavy (non-hydrogen) atoms. The van der Waals surface area contributed by atoms with Gasteiger partial charge in [-0.15, -0.1) is 0 Å². The molecule has 1 saturated carbocycles. The molecule has 1 aromatic carbocycles. The van der Waals surface area contributed by atoms with E-state index in [4.69, 9.17) is 19.9 Å². The summed E-state index contributed by atoms with van der Waals surface area (Å²) in [6.07, 6.45) is 2.10. The van der Waals surface area contributed by atoms with E-state index in [2.05, 4.69) is 0 Å². The Bertz CT molecular complexity index is 464. The number of ether oxygens (including phenoxy) is 3. The van der Waals surface area contributed by atoms with Crippen molar-refractivity contribution >= 4 is 0 Å². The number of rotatable bonds is 4. The largest absolute Gasteiger partial charge is 0.497 e. The van der Waals surface area contributed by atoms with Crippen molar-refractivity contribution in [1.29, 1.82) is 0 Å². The molecule has 1 aromatic rings. The van der Waals surface area contributed by atoms with E-state index in [1.807, 2.05) is 18.2 Å². The summed E-state index contributed by atoms with van der Waals surface area (Å²) < 4.78 is 16.3. The summed E-state index contributed by atoms with van der Waals surface area (Å²) in [5.74, 6) is 1.71. The average molecular weight is 249 g/mol. The van der Waals surface area contributed by atoms with Gasteiger partial charge in [0.25, 0.3) is 0 Å². The molecule has 2 fully saturated rings. The van der Waals surface area contributed by atoms with Gasteiger partial charge >= 0.3 is 0 Å². The lowest BCUT2D eigenvalue weighted by Gasteiger charge is -2.47. The molecule has 2 N–H and O–H groups in total. The van der Waals surface area contributed by atoms with Gasteiger partial charge in [-0.05, 0) is 31.0 Å². The SMILES string of the molecule is COc1ccc(OC)c(C2(C3(N)CC3)COC2)c1. The van der Waals surface area contributed by atoms with Crippen molar-refractivity contribution in [2.75, 3.05) is 27.4 Å². The van der Waals surface area contributed by atoms with Crippen molar-refractivity contribution < 1.29 is 14.2 Å². The minimum atomic E-state index is -0.134. The first-order chi connectivity index (χ1) is 8.65. The van der Waals surface area contributed by atoms with Crippen molar-refractivity contribution in [2.24, 2.45) is 5.73 Å². The summed E-state index contributed by atoms with van der Waals surface area (Å²) in [5, 5.41) is 0. The van der Waals surface area contributed by atoms with Crippen LogP contribution in [0.1, 0.15) is 18.4 Å². The van der Waals surface area contributed by atoms with Crippen LogP contribution in [0.25, 0.3) is 0 Å². The van der Waals surface area contributed by atoms with Crippen LogP contribution in [0.15, 0.2) is 18.2 Å². The van der Waals surface area contributed by atoms with E-state index in [1.54, 1.807) is 14.2 Å². The summed E-state index contributed by atoms with van der Waals surface area (Å²) in [7, 11) is 3.36. The van der Waals surface area contributed by atoms with Crippen LogP contribution in [-0.2, 0) is 10.2 Å². The standard InChI is InChI=1S/C14H19NO3/c1-16-10-3-4-12(17-2)11(7-10)13(8-18-9-13)14(15)5-6-14/h3-4,7H,5-6,8-9,15H2,1-2H3. The molecule has 0 radical (unpaired) electrons. The van der Waals surface area contributed by atoms with Gasteiger partial charge in [0, 0.05) is 11.1 Å². The molecule has 4 heteroatoms. The van der Waals surface area contributed by atoms with Crippen molar-refractivity contribution in [3.63, 3.8) is 0 Å².